The number of hydrogen-bond acceptors (Lipinski definition) is 5. The summed E-state index contributed by atoms with van der Waals surface area (Å²) in [6, 6.07) is 6.97. The molecule has 1 N–H and O–H groups in total. The Labute approximate surface area is 157 Å². The molecule has 27 heavy (non-hydrogen) atoms. The lowest BCUT2D eigenvalue weighted by Gasteiger charge is -2.26. The summed E-state index contributed by atoms with van der Waals surface area (Å²) in [6.07, 6.45) is 4.92. The number of Topliss-reactive ketones (excluding diaryl/α,β-unsaturated/α-hetero) is 1. The molecule has 0 saturated carbocycles. The van der Waals surface area contributed by atoms with Gasteiger partial charge in [-0.25, -0.2) is 0 Å². The molecule has 0 spiro atoms. The molecule has 2 heterocycles. The maximum Gasteiger partial charge on any atom is 0.258 e. The minimum absolute atomic E-state index is 0.0170. The summed E-state index contributed by atoms with van der Waals surface area (Å²) in [5.74, 6) is -0.279. The lowest BCUT2D eigenvalue weighted by Crippen LogP contribution is -2.30. The second-order valence-corrected chi connectivity index (χ2v) is 6.46. The van der Waals surface area contributed by atoms with Crippen LogP contribution in [-0.2, 0) is 4.79 Å². The van der Waals surface area contributed by atoms with Crippen LogP contribution in [0.3, 0.4) is 0 Å². The van der Waals surface area contributed by atoms with Crippen molar-refractivity contribution in [3.05, 3.63) is 47.9 Å². The highest BCUT2D eigenvalue weighted by Crippen LogP contribution is 2.29. The van der Waals surface area contributed by atoms with Gasteiger partial charge in [0, 0.05) is 38.2 Å². The fraction of sp³-hybridized carbons (Fsp3) is 0.350. The van der Waals surface area contributed by atoms with Crippen LogP contribution >= 0.6 is 0 Å². The highest BCUT2D eigenvalue weighted by molar-refractivity contribution is 6.07. The molecule has 1 aromatic heterocycles. The average Bonchev–Trinajstić information content (AvgIpc) is 3.13. The summed E-state index contributed by atoms with van der Waals surface area (Å²) in [4.78, 5) is 39.6. The van der Waals surface area contributed by atoms with Gasteiger partial charge < -0.3 is 19.5 Å². The van der Waals surface area contributed by atoms with Crippen LogP contribution in [0.25, 0.3) is 0 Å². The molecule has 1 aliphatic heterocycles. The van der Waals surface area contributed by atoms with E-state index in [4.69, 9.17) is 4.42 Å². The van der Waals surface area contributed by atoms with Crippen molar-refractivity contribution in [1.29, 1.82) is 0 Å². The number of carbonyl (C=O) groups excluding carboxylic acids is 3. The molecule has 1 aliphatic rings. The Kier molecular flexibility index (Phi) is 5.90. The molecule has 2 amide bonds. The predicted octanol–water partition coefficient (Wildman–Crippen LogP) is 2.79. The normalized spacial score (nSPS) is 14.6. The van der Waals surface area contributed by atoms with Gasteiger partial charge in [-0.15, -0.1) is 0 Å². The molecular weight excluding hydrogens is 346 g/mol. The van der Waals surface area contributed by atoms with Crippen LogP contribution in [0.5, 0.6) is 0 Å². The Bertz CT molecular complexity index is 817. The Morgan fingerprint density at radius 1 is 1.15 bits per heavy atom. The summed E-state index contributed by atoms with van der Waals surface area (Å²) in [5, 5.41) is 2.90. The monoisotopic (exact) mass is 369 g/mol. The quantitative estimate of drug-likeness (QED) is 0.625. The zero-order valence-corrected chi connectivity index (χ0v) is 15.3. The number of anilines is 2. The van der Waals surface area contributed by atoms with E-state index in [0.29, 0.717) is 42.9 Å². The van der Waals surface area contributed by atoms with Gasteiger partial charge >= 0.3 is 0 Å². The van der Waals surface area contributed by atoms with Gasteiger partial charge in [-0.1, -0.05) is 6.92 Å². The van der Waals surface area contributed by atoms with Gasteiger partial charge in [0.15, 0.2) is 5.78 Å². The first-order valence-corrected chi connectivity index (χ1v) is 9.07. The van der Waals surface area contributed by atoms with Crippen LogP contribution < -0.4 is 10.2 Å². The first-order valence-electron chi connectivity index (χ1n) is 9.07. The van der Waals surface area contributed by atoms with Gasteiger partial charge in [0.25, 0.3) is 5.91 Å². The number of carbonyl (C=O) groups is 3. The van der Waals surface area contributed by atoms with Crippen molar-refractivity contribution in [3.8, 4) is 0 Å². The first kappa shape index (κ1) is 18.7. The van der Waals surface area contributed by atoms with Gasteiger partial charge in [0.1, 0.15) is 6.26 Å². The summed E-state index contributed by atoms with van der Waals surface area (Å²) in [6.45, 7) is 4.56. The number of amides is 2. The topological polar surface area (TPSA) is 82.9 Å². The molecule has 0 unspecified atom stereocenters. The van der Waals surface area contributed by atoms with Gasteiger partial charge in [0.2, 0.25) is 6.41 Å². The second-order valence-electron chi connectivity index (χ2n) is 6.46. The van der Waals surface area contributed by atoms with E-state index in [-0.39, 0.29) is 11.7 Å². The smallest absolute Gasteiger partial charge is 0.258 e. The molecule has 1 aromatic carbocycles. The molecule has 1 fully saturated rings. The number of rotatable bonds is 6. The van der Waals surface area contributed by atoms with Crippen molar-refractivity contribution in [2.75, 3.05) is 36.4 Å². The van der Waals surface area contributed by atoms with Gasteiger partial charge in [-0.3, -0.25) is 14.4 Å². The van der Waals surface area contributed by atoms with Crippen molar-refractivity contribution in [1.82, 2.24) is 4.90 Å². The molecule has 0 bridgehead atoms. The Balaban J connectivity index is 1.90. The molecular formula is C20H23N3O4. The number of nitrogens with zero attached hydrogens (tertiary/aromatic N) is 2. The molecule has 3 rings (SSSR count). The Hall–Kier alpha value is -3.09. The van der Waals surface area contributed by atoms with Gasteiger partial charge in [-0.2, -0.15) is 0 Å². The van der Waals surface area contributed by atoms with Crippen molar-refractivity contribution >= 4 is 29.5 Å². The molecule has 7 heteroatoms. The van der Waals surface area contributed by atoms with Crippen molar-refractivity contribution in [3.63, 3.8) is 0 Å². The van der Waals surface area contributed by atoms with E-state index in [1.165, 1.54) is 12.5 Å². The van der Waals surface area contributed by atoms with E-state index >= 15 is 0 Å². The molecule has 7 nitrogen and oxygen atoms in total. The third kappa shape index (κ3) is 4.36. The van der Waals surface area contributed by atoms with Crippen LogP contribution in [0, 0.1) is 0 Å². The van der Waals surface area contributed by atoms with Crippen molar-refractivity contribution in [2.24, 2.45) is 0 Å². The van der Waals surface area contributed by atoms with E-state index < -0.39 is 0 Å². The van der Waals surface area contributed by atoms with E-state index in [1.54, 1.807) is 23.1 Å². The highest BCUT2D eigenvalue weighted by Gasteiger charge is 2.19. The van der Waals surface area contributed by atoms with Crippen LogP contribution in [0.2, 0.25) is 0 Å². The summed E-state index contributed by atoms with van der Waals surface area (Å²) >= 11 is 0. The van der Waals surface area contributed by atoms with Crippen LogP contribution in [0.1, 0.15) is 40.5 Å². The van der Waals surface area contributed by atoms with Gasteiger partial charge in [0.05, 0.1) is 23.2 Å². The number of furan rings is 1. The van der Waals surface area contributed by atoms with E-state index in [2.05, 4.69) is 10.2 Å². The lowest BCUT2D eigenvalue weighted by molar-refractivity contribution is -0.117. The maximum absolute atomic E-state index is 12.5. The van der Waals surface area contributed by atoms with Crippen molar-refractivity contribution < 1.29 is 18.8 Å². The molecule has 2 aromatic rings. The lowest BCUT2D eigenvalue weighted by atomic mass is 10.1. The number of benzene rings is 1. The number of hydrogen-bond donors (Lipinski definition) is 1. The molecule has 142 valence electrons. The molecule has 1 saturated heterocycles. The average molecular weight is 369 g/mol. The minimum atomic E-state index is -0.296. The maximum atomic E-state index is 12.5. The zero-order valence-electron chi connectivity index (χ0n) is 15.3. The summed E-state index contributed by atoms with van der Waals surface area (Å²) in [5.41, 5.74) is 2.40. The van der Waals surface area contributed by atoms with E-state index in [9.17, 15) is 14.4 Å². The van der Waals surface area contributed by atoms with Crippen LogP contribution in [0.15, 0.2) is 41.2 Å². The Morgan fingerprint density at radius 3 is 2.70 bits per heavy atom. The van der Waals surface area contributed by atoms with E-state index in [1.807, 2.05) is 13.0 Å². The molecule has 0 aliphatic carbocycles. The third-order valence-electron chi connectivity index (χ3n) is 4.69. The molecule has 0 radical (unpaired) electrons. The Morgan fingerprint density at radius 2 is 2.00 bits per heavy atom. The van der Waals surface area contributed by atoms with Crippen LogP contribution in [-0.4, -0.2) is 49.2 Å². The second kappa shape index (κ2) is 8.53. The fourth-order valence-corrected chi connectivity index (χ4v) is 3.16. The zero-order chi connectivity index (χ0) is 19.2. The first-order chi connectivity index (χ1) is 13.1. The standard InChI is InChI=1S/C20H23N3O4/c1-2-19(25)15-4-5-18(23-8-3-7-22(14-24)9-10-23)17(12-15)21-20(26)16-6-11-27-13-16/h4-6,11-14H,2-3,7-10H2,1H3,(H,21,26). The minimum Gasteiger partial charge on any atom is -0.472 e. The van der Waals surface area contributed by atoms with Gasteiger partial charge in [-0.05, 0) is 30.7 Å². The predicted molar refractivity (Wildman–Crippen MR) is 102 cm³/mol. The highest BCUT2D eigenvalue weighted by atomic mass is 16.3. The summed E-state index contributed by atoms with van der Waals surface area (Å²) < 4.78 is 4.98. The third-order valence-corrected chi connectivity index (χ3v) is 4.69. The number of ketones is 1. The van der Waals surface area contributed by atoms with Crippen LogP contribution in [0.4, 0.5) is 11.4 Å². The number of nitrogens with one attached hydrogen (secondary N) is 1. The van der Waals surface area contributed by atoms with E-state index in [0.717, 1.165) is 25.1 Å². The molecule has 0 atom stereocenters. The summed E-state index contributed by atoms with van der Waals surface area (Å²) in [7, 11) is 0. The SMILES string of the molecule is CCC(=O)c1ccc(N2CCCN(C=O)CC2)c(NC(=O)c2ccoc2)c1. The largest absolute Gasteiger partial charge is 0.472 e. The fourth-order valence-electron chi connectivity index (χ4n) is 3.16. The van der Waals surface area contributed by atoms with Crippen molar-refractivity contribution in [2.45, 2.75) is 19.8 Å².